The zero-order valence-corrected chi connectivity index (χ0v) is 15.1. The molecule has 2 N–H and O–H groups in total. The quantitative estimate of drug-likeness (QED) is 0.662. The molecule has 26 heavy (non-hydrogen) atoms. The van der Waals surface area contributed by atoms with Gasteiger partial charge in [-0.3, -0.25) is 9.36 Å². The van der Waals surface area contributed by atoms with E-state index in [2.05, 4.69) is 21.9 Å². The highest BCUT2D eigenvalue weighted by molar-refractivity contribution is 6.32. The molecule has 1 aromatic carbocycles. The molecule has 2 heterocycles. The molecule has 2 aromatic heterocycles. The third-order valence-electron chi connectivity index (χ3n) is 4.18. The number of nitrogens with two attached hydrogens (primary N) is 1. The van der Waals surface area contributed by atoms with Crippen LogP contribution in [0.3, 0.4) is 0 Å². The van der Waals surface area contributed by atoms with E-state index in [0.717, 1.165) is 25.7 Å². The minimum atomic E-state index is -0.609. The molecule has 0 aliphatic carbocycles. The lowest BCUT2D eigenvalue weighted by Gasteiger charge is -2.08. The summed E-state index contributed by atoms with van der Waals surface area (Å²) in [6.07, 6.45) is 6.98. The molecule has 0 saturated carbocycles. The van der Waals surface area contributed by atoms with Gasteiger partial charge in [0.25, 0.3) is 5.56 Å². The van der Waals surface area contributed by atoms with E-state index in [1.807, 2.05) is 0 Å². The van der Waals surface area contributed by atoms with Gasteiger partial charge < -0.3 is 5.73 Å². The van der Waals surface area contributed by atoms with Crippen molar-refractivity contribution in [3.8, 4) is 11.4 Å². The first kappa shape index (κ1) is 18.3. The second-order valence-electron chi connectivity index (χ2n) is 6.08. The largest absolute Gasteiger partial charge is 0.382 e. The molecule has 136 valence electrons. The van der Waals surface area contributed by atoms with Crippen LogP contribution in [0, 0.1) is 5.82 Å². The van der Waals surface area contributed by atoms with Gasteiger partial charge in [0.05, 0.1) is 29.0 Å². The number of unbranched alkanes of at least 4 members (excludes halogenated alkanes) is 3. The highest BCUT2D eigenvalue weighted by Gasteiger charge is 2.14. The average molecular weight is 376 g/mol. The van der Waals surface area contributed by atoms with Crippen molar-refractivity contribution in [3.63, 3.8) is 0 Å². The molecular formula is C18H19ClFN5O. The molecule has 0 saturated heterocycles. The van der Waals surface area contributed by atoms with E-state index >= 15 is 0 Å². The third-order valence-corrected chi connectivity index (χ3v) is 4.47. The number of halogens is 2. The van der Waals surface area contributed by atoms with Crippen molar-refractivity contribution in [2.24, 2.45) is 0 Å². The molecule has 0 spiro atoms. The van der Waals surface area contributed by atoms with Gasteiger partial charge in [-0.05, 0) is 18.6 Å². The van der Waals surface area contributed by atoms with Crippen molar-refractivity contribution in [1.82, 2.24) is 19.5 Å². The molecule has 0 amide bonds. The van der Waals surface area contributed by atoms with Crippen LogP contribution >= 0.6 is 11.6 Å². The van der Waals surface area contributed by atoms with Crippen LogP contribution < -0.4 is 11.3 Å². The van der Waals surface area contributed by atoms with Crippen LogP contribution in [0.15, 0.2) is 29.5 Å². The predicted octanol–water partition coefficient (Wildman–Crippen LogP) is 3.81. The Morgan fingerprint density at radius 3 is 2.77 bits per heavy atom. The van der Waals surface area contributed by atoms with Crippen LogP contribution in [-0.2, 0) is 6.54 Å². The average Bonchev–Trinajstić information content (AvgIpc) is 2.63. The number of hydrogen-bond acceptors (Lipinski definition) is 5. The van der Waals surface area contributed by atoms with Crippen molar-refractivity contribution in [3.05, 3.63) is 45.9 Å². The van der Waals surface area contributed by atoms with E-state index in [0.29, 0.717) is 12.1 Å². The van der Waals surface area contributed by atoms with Crippen molar-refractivity contribution in [1.29, 1.82) is 0 Å². The van der Waals surface area contributed by atoms with Crippen LogP contribution in [0.5, 0.6) is 0 Å². The van der Waals surface area contributed by atoms with E-state index in [4.69, 9.17) is 17.3 Å². The van der Waals surface area contributed by atoms with Gasteiger partial charge in [-0.2, -0.15) is 0 Å². The van der Waals surface area contributed by atoms with Gasteiger partial charge in [0.2, 0.25) is 0 Å². The van der Waals surface area contributed by atoms with Gasteiger partial charge in [0.1, 0.15) is 16.7 Å². The maximum absolute atomic E-state index is 14.6. The number of anilines is 1. The lowest BCUT2D eigenvalue weighted by molar-refractivity contribution is 0.567. The molecule has 0 aliphatic rings. The highest BCUT2D eigenvalue weighted by atomic mass is 35.5. The fourth-order valence-corrected chi connectivity index (χ4v) is 2.82. The molecule has 0 radical (unpaired) electrons. The highest BCUT2D eigenvalue weighted by Crippen LogP contribution is 2.25. The van der Waals surface area contributed by atoms with Crippen LogP contribution in [0.25, 0.3) is 22.3 Å². The van der Waals surface area contributed by atoms with E-state index in [9.17, 15) is 9.18 Å². The van der Waals surface area contributed by atoms with Crippen LogP contribution in [0.4, 0.5) is 10.2 Å². The van der Waals surface area contributed by atoms with Crippen LogP contribution in [0.1, 0.15) is 32.6 Å². The number of hydrogen-bond donors (Lipinski definition) is 1. The summed E-state index contributed by atoms with van der Waals surface area (Å²) >= 11 is 5.80. The molecule has 6 nitrogen and oxygen atoms in total. The maximum atomic E-state index is 14.6. The van der Waals surface area contributed by atoms with Crippen molar-refractivity contribution in [2.75, 3.05) is 5.73 Å². The number of aryl methyl sites for hydroxylation is 1. The lowest BCUT2D eigenvalue weighted by atomic mass is 10.1. The Hall–Kier alpha value is -2.54. The Bertz CT molecular complexity index is 1000. The van der Waals surface area contributed by atoms with E-state index in [1.54, 1.807) is 0 Å². The van der Waals surface area contributed by atoms with E-state index in [1.165, 1.54) is 29.2 Å². The summed E-state index contributed by atoms with van der Waals surface area (Å²) in [5, 5.41) is 0.421. The molecule has 8 heteroatoms. The fraction of sp³-hybridized carbons (Fsp3) is 0.333. The Morgan fingerprint density at radius 2 is 2.04 bits per heavy atom. The van der Waals surface area contributed by atoms with Crippen LogP contribution in [-0.4, -0.2) is 19.5 Å². The molecule has 0 unspecified atom stereocenters. The standard InChI is InChI=1S/C18H19ClFN5O/c1-2-3-4-5-6-25-10-23-15-8-11(14(20)7-12(15)18(25)26)17-22-9-13(19)16(21)24-17/h7-10H,2-6H2,1H3,(H2,21,22,24). The summed E-state index contributed by atoms with van der Waals surface area (Å²) in [5.74, 6) is -0.453. The van der Waals surface area contributed by atoms with E-state index < -0.39 is 5.82 Å². The summed E-state index contributed by atoms with van der Waals surface area (Å²) in [5.41, 5.74) is 5.90. The summed E-state index contributed by atoms with van der Waals surface area (Å²) in [4.78, 5) is 24.9. The fourth-order valence-electron chi connectivity index (χ4n) is 2.73. The molecule has 3 aromatic rings. The number of nitrogens with zero attached hydrogens (tertiary/aromatic N) is 4. The van der Waals surface area contributed by atoms with Gasteiger partial charge in [0.15, 0.2) is 5.82 Å². The second-order valence-corrected chi connectivity index (χ2v) is 6.49. The number of aromatic nitrogens is 4. The van der Waals surface area contributed by atoms with Crippen molar-refractivity contribution < 1.29 is 4.39 Å². The topological polar surface area (TPSA) is 86.7 Å². The summed E-state index contributed by atoms with van der Waals surface area (Å²) in [7, 11) is 0. The Morgan fingerprint density at radius 1 is 1.23 bits per heavy atom. The molecule has 0 atom stereocenters. The second kappa shape index (κ2) is 7.78. The maximum Gasteiger partial charge on any atom is 0.261 e. The Balaban J connectivity index is 1.99. The molecule has 3 rings (SSSR count). The monoisotopic (exact) mass is 375 g/mol. The number of nitrogen functional groups attached to an aromatic ring is 1. The number of fused-ring (bicyclic) bond motifs is 1. The zero-order valence-electron chi connectivity index (χ0n) is 14.4. The first-order chi connectivity index (χ1) is 12.5. The van der Waals surface area contributed by atoms with Gasteiger partial charge in [-0.25, -0.2) is 19.3 Å². The van der Waals surface area contributed by atoms with Crippen molar-refractivity contribution in [2.45, 2.75) is 39.2 Å². The first-order valence-corrected chi connectivity index (χ1v) is 8.86. The first-order valence-electron chi connectivity index (χ1n) is 8.48. The van der Waals surface area contributed by atoms with Crippen molar-refractivity contribution >= 4 is 28.3 Å². The summed E-state index contributed by atoms with van der Waals surface area (Å²) in [6, 6.07) is 2.63. The Labute approximate surface area is 154 Å². The number of benzene rings is 1. The lowest BCUT2D eigenvalue weighted by Crippen LogP contribution is -2.21. The molecule has 0 bridgehead atoms. The number of rotatable bonds is 6. The Kier molecular flexibility index (Phi) is 5.46. The minimum absolute atomic E-state index is 0.0617. The SMILES string of the molecule is CCCCCCn1cnc2cc(-c3ncc(Cl)c(N)n3)c(F)cc2c1=O. The normalized spacial score (nSPS) is 11.2. The summed E-state index contributed by atoms with van der Waals surface area (Å²) < 4.78 is 16.1. The zero-order chi connectivity index (χ0) is 18.7. The predicted molar refractivity (Wildman–Crippen MR) is 101 cm³/mol. The van der Waals surface area contributed by atoms with Gasteiger partial charge >= 0.3 is 0 Å². The molecular weight excluding hydrogens is 357 g/mol. The van der Waals surface area contributed by atoms with E-state index in [-0.39, 0.29) is 33.2 Å². The van der Waals surface area contributed by atoms with Gasteiger partial charge in [0, 0.05) is 6.54 Å². The molecule has 0 aliphatic heterocycles. The van der Waals surface area contributed by atoms with Crippen LogP contribution in [0.2, 0.25) is 5.02 Å². The summed E-state index contributed by atoms with van der Waals surface area (Å²) in [6.45, 7) is 2.70. The minimum Gasteiger partial charge on any atom is -0.382 e. The van der Waals surface area contributed by atoms with Gasteiger partial charge in [-0.15, -0.1) is 0 Å². The molecule has 0 fully saturated rings. The smallest absolute Gasteiger partial charge is 0.261 e. The third kappa shape index (κ3) is 3.67. The van der Waals surface area contributed by atoms with Gasteiger partial charge in [-0.1, -0.05) is 37.8 Å².